The predicted molar refractivity (Wildman–Crippen MR) is 84.8 cm³/mol. The number of likely N-dealkylation sites (tertiary alicyclic amines) is 1. The van der Waals surface area contributed by atoms with Crippen molar-refractivity contribution in [2.45, 2.75) is 18.9 Å². The standard InChI is InChI=1S/C16H20N6O/c1-21-9-14(19-10-21)16(23)22-7-11-2-3-13(12(11)8-22)20-15-6-17-4-5-18-15/h4-6,9-13H,2-3,7-8H2,1H3,(H,18,20)/t11-,12+,13+/m0/s1. The molecule has 120 valence electrons. The van der Waals surface area contributed by atoms with E-state index in [0.717, 1.165) is 31.7 Å². The third kappa shape index (κ3) is 2.67. The summed E-state index contributed by atoms with van der Waals surface area (Å²) in [7, 11) is 1.88. The SMILES string of the molecule is Cn1cnc(C(=O)N2C[C@@H]3CC[C@@H](Nc4cnccn4)[C@@H]3C2)c1. The predicted octanol–water partition coefficient (Wildman–Crippen LogP) is 1.17. The lowest BCUT2D eigenvalue weighted by molar-refractivity contribution is 0.0774. The van der Waals surface area contributed by atoms with Crippen molar-refractivity contribution in [3.05, 3.63) is 36.8 Å². The highest BCUT2D eigenvalue weighted by atomic mass is 16.2. The van der Waals surface area contributed by atoms with Crippen molar-refractivity contribution in [1.29, 1.82) is 0 Å². The van der Waals surface area contributed by atoms with E-state index in [9.17, 15) is 4.79 Å². The first-order valence-corrected chi connectivity index (χ1v) is 8.00. The zero-order chi connectivity index (χ0) is 15.8. The lowest BCUT2D eigenvalue weighted by Gasteiger charge is -2.21. The Morgan fingerprint density at radius 1 is 1.26 bits per heavy atom. The van der Waals surface area contributed by atoms with Crippen molar-refractivity contribution in [1.82, 2.24) is 24.4 Å². The number of rotatable bonds is 3. The molecule has 2 aliphatic rings. The quantitative estimate of drug-likeness (QED) is 0.921. The van der Waals surface area contributed by atoms with Crippen molar-refractivity contribution in [3.8, 4) is 0 Å². The van der Waals surface area contributed by atoms with Gasteiger partial charge in [0.15, 0.2) is 0 Å². The van der Waals surface area contributed by atoms with Crippen LogP contribution in [0.1, 0.15) is 23.3 Å². The molecule has 2 aromatic heterocycles. The molecule has 1 saturated carbocycles. The number of aromatic nitrogens is 4. The van der Waals surface area contributed by atoms with Crippen LogP contribution in [0.25, 0.3) is 0 Å². The van der Waals surface area contributed by atoms with Gasteiger partial charge in [-0.05, 0) is 18.8 Å². The van der Waals surface area contributed by atoms with E-state index in [1.807, 2.05) is 16.5 Å². The number of amides is 1. The fourth-order valence-corrected chi connectivity index (χ4v) is 3.86. The molecule has 1 amide bonds. The van der Waals surface area contributed by atoms with Gasteiger partial charge in [0.1, 0.15) is 11.5 Å². The molecular weight excluding hydrogens is 292 g/mol. The Balaban J connectivity index is 1.44. The number of nitrogens with one attached hydrogen (secondary N) is 1. The summed E-state index contributed by atoms with van der Waals surface area (Å²) in [5, 5.41) is 3.48. The summed E-state index contributed by atoms with van der Waals surface area (Å²) in [6.45, 7) is 1.62. The van der Waals surface area contributed by atoms with Crippen molar-refractivity contribution >= 4 is 11.7 Å². The minimum Gasteiger partial charge on any atom is -0.366 e. The Hall–Kier alpha value is -2.44. The number of nitrogens with zero attached hydrogens (tertiary/aromatic N) is 5. The second kappa shape index (κ2) is 5.64. The molecular formula is C16H20N6O. The first kappa shape index (κ1) is 14.2. The van der Waals surface area contributed by atoms with E-state index >= 15 is 0 Å². The second-order valence-electron chi connectivity index (χ2n) is 6.48. The lowest BCUT2D eigenvalue weighted by atomic mass is 9.98. The van der Waals surface area contributed by atoms with Crippen LogP contribution in [0.15, 0.2) is 31.1 Å². The fraction of sp³-hybridized carbons (Fsp3) is 0.500. The maximum Gasteiger partial charge on any atom is 0.274 e. The Kier molecular flexibility index (Phi) is 3.48. The van der Waals surface area contributed by atoms with E-state index in [2.05, 4.69) is 20.3 Å². The number of hydrogen-bond acceptors (Lipinski definition) is 5. The van der Waals surface area contributed by atoms with Crippen molar-refractivity contribution in [3.63, 3.8) is 0 Å². The van der Waals surface area contributed by atoms with Crippen LogP contribution in [0, 0.1) is 11.8 Å². The summed E-state index contributed by atoms with van der Waals surface area (Å²) in [5.41, 5.74) is 0.533. The molecule has 1 saturated heterocycles. The zero-order valence-electron chi connectivity index (χ0n) is 13.1. The van der Waals surface area contributed by atoms with E-state index in [1.165, 1.54) is 0 Å². The van der Waals surface area contributed by atoms with Crippen LogP contribution in [0.3, 0.4) is 0 Å². The summed E-state index contributed by atoms with van der Waals surface area (Å²) in [4.78, 5) is 27.1. The molecule has 0 bridgehead atoms. The number of aryl methyl sites for hydroxylation is 1. The third-order valence-electron chi connectivity index (χ3n) is 4.96. The van der Waals surface area contributed by atoms with Gasteiger partial charge < -0.3 is 14.8 Å². The van der Waals surface area contributed by atoms with E-state index in [0.29, 0.717) is 23.6 Å². The van der Waals surface area contributed by atoms with Gasteiger partial charge in [-0.25, -0.2) is 9.97 Å². The van der Waals surface area contributed by atoms with Crippen LogP contribution < -0.4 is 5.32 Å². The maximum absolute atomic E-state index is 12.6. The summed E-state index contributed by atoms with van der Waals surface area (Å²) >= 11 is 0. The first-order valence-electron chi connectivity index (χ1n) is 8.00. The van der Waals surface area contributed by atoms with Gasteiger partial charge in [-0.1, -0.05) is 0 Å². The summed E-state index contributed by atoms with van der Waals surface area (Å²) < 4.78 is 1.81. The molecule has 7 heteroatoms. The molecule has 0 unspecified atom stereocenters. The third-order valence-corrected chi connectivity index (χ3v) is 4.96. The average Bonchev–Trinajstić information content (AvgIpc) is 3.25. The largest absolute Gasteiger partial charge is 0.366 e. The normalized spacial score (nSPS) is 26.3. The Morgan fingerprint density at radius 2 is 2.17 bits per heavy atom. The van der Waals surface area contributed by atoms with Gasteiger partial charge in [0.05, 0.1) is 12.5 Å². The molecule has 7 nitrogen and oxygen atoms in total. The van der Waals surface area contributed by atoms with Gasteiger partial charge in [0.25, 0.3) is 5.91 Å². The van der Waals surface area contributed by atoms with Crippen molar-refractivity contribution < 1.29 is 4.79 Å². The highest BCUT2D eigenvalue weighted by Crippen LogP contribution is 2.39. The highest BCUT2D eigenvalue weighted by molar-refractivity contribution is 5.92. The molecule has 4 rings (SSSR count). The Bertz CT molecular complexity index is 700. The molecule has 23 heavy (non-hydrogen) atoms. The van der Waals surface area contributed by atoms with E-state index in [4.69, 9.17) is 0 Å². The number of hydrogen-bond donors (Lipinski definition) is 1. The molecule has 3 heterocycles. The second-order valence-corrected chi connectivity index (χ2v) is 6.48. The molecule has 2 aromatic rings. The molecule has 0 aromatic carbocycles. The molecule has 2 fully saturated rings. The van der Waals surface area contributed by atoms with Crippen LogP contribution in [-0.4, -0.2) is 49.5 Å². The van der Waals surface area contributed by atoms with E-state index < -0.39 is 0 Å². The van der Waals surface area contributed by atoms with Crippen molar-refractivity contribution in [2.75, 3.05) is 18.4 Å². The van der Waals surface area contributed by atoms with E-state index in [1.54, 1.807) is 31.1 Å². The van der Waals surface area contributed by atoms with Crippen LogP contribution in [-0.2, 0) is 7.05 Å². The molecule has 0 spiro atoms. The Labute approximate surface area is 134 Å². The van der Waals surface area contributed by atoms with Crippen LogP contribution in [0.5, 0.6) is 0 Å². The van der Waals surface area contributed by atoms with Crippen LogP contribution in [0.2, 0.25) is 0 Å². The minimum atomic E-state index is 0.0400. The lowest BCUT2D eigenvalue weighted by Crippen LogP contribution is -2.33. The fourth-order valence-electron chi connectivity index (χ4n) is 3.86. The van der Waals surface area contributed by atoms with Crippen LogP contribution >= 0.6 is 0 Å². The minimum absolute atomic E-state index is 0.0400. The van der Waals surface area contributed by atoms with Gasteiger partial charge in [0, 0.05) is 50.7 Å². The highest BCUT2D eigenvalue weighted by Gasteiger charge is 2.44. The summed E-state index contributed by atoms with van der Waals surface area (Å²) in [5.74, 6) is 1.90. The van der Waals surface area contributed by atoms with Gasteiger partial charge >= 0.3 is 0 Å². The summed E-state index contributed by atoms with van der Waals surface area (Å²) in [6, 6.07) is 0.359. The van der Waals surface area contributed by atoms with E-state index in [-0.39, 0.29) is 5.91 Å². The molecule has 1 N–H and O–H groups in total. The van der Waals surface area contributed by atoms with Gasteiger partial charge in [-0.15, -0.1) is 0 Å². The zero-order valence-corrected chi connectivity index (χ0v) is 13.1. The number of carbonyl (C=O) groups is 1. The number of fused-ring (bicyclic) bond motifs is 1. The number of carbonyl (C=O) groups excluding carboxylic acids is 1. The topological polar surface area (TPSA) is 75.9 Å². The summed E-state index contributed by atoms with van der Waals surface area (Å²) in [6.07, 6.45) is 10.8. The number of anilines is 1. The molecule has 3 atom stereocenters. The van der Waals surface area contributed by atoms with Crippen LogP contribution in [0.4, 0.5) is 5.82 Å². The monoisotopic (exact) mass is 312 g/mol. The van der Waals surface area contributed by atoms with Gasteiger partial charge in [-0.2, -0.15) is 0 Å². The molecule has 1 aliphatic carbocycles. The van der Waals surface area contributed by atoms with Gasteiger partial charge in [-0.3, -0.25) is 9.78 Å². The maximum atomic E-state index is 12.6. The first-order chi connectivity index (χ1) is 11.2. The molecule has 1 aliphatic heterocycles. The average molecular weight is 312 g/mol. The smallest absolute Gasteiger partial charge is 0.274 e. The number of imidazole rings is 1. The van der Waals surface area contributed by atoms with Crippen molar-refractivity contribution in [2.24, 2.45) is 18.9 Å². The van der Waals surface area contributed by atoms with Gasteiger partial charge in [0.2, 0.25) is 0 Å². The molecule has 0 radical (unpaired) electrons. The Morgan fingerprint density at radius 3 is 2.91 bits per heavy atom.